The van der Waals surface area contributed by atoms with Crippen molar-refractivity contribution in [1.29, 1.82) is 0 Å². The molecule has 0 bridgehead atoms. The lowest BCUT2D eigenvalue weighted by atomic mass is 10.1. The van der Waals surface area contributed by atoms with Crippen LogP contribution in [0, 0.1) is 0 Å². The van der Waals surface area contributed by atoms with Crippen molar-refractivity contribution in [2.45, 2.75) is 27.1 Å². The molecule has 0 aliphatic carbocycles. The topological polar surface area (TPSA) is 60.9 Å². The van der Waals surface area contributed by atoms with Crippen LogP contribution >= 0.6 is 0 Å². The summed E-state index contributed by atoms with van der Waals surface area (Å²) in [6.07, 6.45) is 0. The zero-order valence-corrected chi connectivity index (χ0v) is 12.8. The van der Waals surface area contributed by atoms with E-state index in [0.29, 0.717) is 37.8 Å². The molecule has 1 aromatic heterocycles. The molecule has 0 radical (unpaired) electrons. The molecule has 0 atom stereocenters. The van der Waals surface area contributed by atoms with Crippen LogP contribution in [-0.4, -0.2) is 44.4 Å². The highest BCUT2D eigenvalue weighted by molar-refractivity contribution is 5.95. The predicted octanol–water partition coefficient (Wildman–Crippen LogP) is 1.76. The second-order valence-electron chi connectivity index (χ2n) is 4.55. The number of hydrogen-bond donors (Lipinski definition) is 0. The Hall–Kier alpha value is -1.66. The normalized spacial score (nSPS) is 16.8. The van der Waals surface area contributed by atoms with Crippen LogP contribution in [0.15, 0.2) is 6.07 Å². The van der Waals surface area contributed by atoms with Crippen LogP contribution in [-0.2, 0) is 27.4 Å². The first-order valence-corrected chi connectivity index (χ1v) is 7.31. The van der Waals surface area contributed by atoms with Gasteiger partial charge in [-0.1, -0.05) is 13.8 Å². The fourth-order valence-corrected chi connectivity index (χ4v) is 2.37. The molecule has 0 spiro atoms. The van der Waals surface area contributed by atoms with Gasteiger partial charge in [0.1, 0.15) is 11.4 Å². The third-order valence-electron chi connectivity index (χ3n) is 3.38. The number of morpholine rings is 1. The number of methoxy groups -OCH3 is 1. The van der Waals surface area contributed by atoms with Crippen LogP contribution in [0.3, 0.4) is 0 Å². The van der Waals surface area contributed by atoms with Crippen molar-refractivity contribution in [2.75, 3.05) is 38.3 Å². The lowest BCUT2D eigenvalue weighted by molar-refractivity contribution is 0.0599. The Morgan fingerprint density at radius 3 is 2.62 bits per heavy atom. The predicted molar refractivity (Wildman–Crippen MR) is 78.4 cm³/mol. The quantitative estimate of drug-likeness (QED) is 0.775. The minimum Gasteiger partial charge on any atom is -0.465 e. The molecule has 1 fully saturated rings. The van der Waals surface area contributed by atoms with Gasteiger partial charge in [0, 0.05) is 18.7 Å². The number of rotatable bonds is 2. The molecule has 1 saturated heterocycles. The number of aromatic nitrogens is 1. The molecule has 0 unspecified atom stereocenters. The molecule has 0 saturated carbocycles. The molecule has 1 aromatic rings. The van der Waals surface area contributed by atoms with E-state index in [0.717, 1.165) is 24.3 Å². The van der Waals surface area contributed by atoms with Crippen LogP contribution in [0.1, 0.15) is 35.5 Å². The Labute approximate surface area is 125 Å². The van der Waals surface area contributed by atoms with Crippen molar-refractivity contribution < 1.29 is 19.0 Å². The molecule has 3 heterocycles. The second kappa shape index (κ2) is 7.38. The van der Waals surface area contributed by atoms with E-state index in [1.54, 1.807) is 0 Å². The van der Waals surface area contributed by atoms with Gasteiger partial charge < -0.3 is 19.1 Å². The molecule has 2 aliphatic rings. The summed E-state index contributed by atoms with van der Waals surface area (Å²) in [5.41, 5.74) is 2.39. The van der Waals surface area contributed by atoms with Crippen molar-refractivity contribution in [1.82, 2.24) is 4.98 Å². The summed E-state index contributed by atoms with van der Waals surface area (Å²) in [6, 6.07) is 1.84. The third-order valence-corrected chi connectivity index (χ3v) is 3.38. The first-order chi connectivity index (χ1) is 10.3. The number of hydrogen-bond acceptors (Lipinski definition) is 6. The summed E-state index contributed by atoms with van der Waals surface area (Å²) in [5, 5.41) is 0. The van der Waals surface area contributed by atoms with E-state index in [-0.39, 0.29) is 5.97 Å². The Morgan fingerprint density at radius 1 is 1.24 bits per heavy atom. The summed E-state index contributed by atoms with van der Waals surface area (Å²) in [4.78, 5) is 18.6. The number of carbonyl (C=O) groups is 1. The second-order valence-corrected chi connectivity index (χ2v) is 4.55. The highest BCUT2D eigenvalue weighted by atomic mass is 16.5. The van der Waals surface area contributed by atoms with Gasteiger partial charge in [-0.3, -0.25) is 0 Å². The lowest BCUT2D eigenvalue weighted by Gasteiger charge is -2.29. The lowest BCUT2D eigenvalue weighted by Crippen LogP contribution is -2.38. The van der Waals surface area contributed by atoms with Crippen molar-refractivity contribution in [3.8, 4) is 0 Å². The van der Waals surface area contributed by atoms with E-state index < -0.39 is 0 Å². The van der Waals surface area contributed by atoms with E-state index in [1.165, 1.54) is 7.11 Å². The first kappa shape index (κ1) is 15.7. The maximum absolute atomic E-state index is 11.9. The summed E-state index contributed by atoms with van der Waals surface area (Å²) in [6.45, 7) is 7.78. The van der Waals surface area contributed by atoms with Gasteiger partial charge in [-0.15, -0.1) is 0 Å². The van der Waals surface area contributed by atoms with E-state index in [1.807, 2.05) is 19.9 Å². The van der Waals surface area contributed by atoms with Crippen molar-refractivity contribution >= 4 is 11.8 Å². The third kappa shape index (κ3) is 3.33. The average Bonchev–Trinajstić information content (AvgIpc) is 3.03. The first-order valence-electron chi connectivity index (χ1n) is 7.31. The maximum atomic E-state index is 11.9. The molecule has 116 valence electrons. The van der Waals surface area contributed by atoms with Gasteiger partial charge in [-0.05, 0) is 6.07 Å². The summed E-state index contributed by atoms with van der Waals surface area (Å²) < 4.78 is 15.5. The Bertz CT molecular complexity index is 499. The molecular formula is C15H22N2O4. The van der Waals surface area contributed by atoms with E-state index in [4.69, 9.17) is 14.2 Å². The largest absolute Gasteiger partial charge is 0.465 e. The maximum Gasteiger partial charge on any atom is 0.341 e. The van der Waals surface area contributed by atoms with E-state index >= 15 is 0 Å². The molecule has 6 heteroatoms. The summed E-state index contributed by atoms with van der Waals surface area (Å²) >= 11 is 0. The van der Waals surface area contributed by atoms with Gasteiger partial charge in [-0.2, -0.15) is 0 Å². The van der Waals surface area contributed by atoms with Crippen molar-refractivity contribution in [3.63, 3.8) is 0 Å². The molecule has 6 nitrogen and oxygen atoms in total. The number of pyridine rings is 1. The van der Waals surface area contributed by atoms with Gasteiger partial charge in [0.05, 0.1) is 39.2 Å². The Morgan fingerprint density at radius 2 is 1.95 bits per heavy atom. The number of esters is 1. The summed E-state index contributed by atoms with van der Waals surface area (Å²) in [7, 11) is 1.38. The zero-order valence-electron chi connectivity index (χ0n) is 12.8. The average molecular weight is 294 g/mol. The molecule has 0 amide bonds. The van der Waals surface area contributed by atoms with Crippen molar-refractivity contribution in [3.05, 3.63) is 22.9 Å². The smallest absolute Gasteiger partial charge is 0.341 e. The van der Waals surface area contributed by atoms with Gasteiger partial charge >= 0.3 is 5.97 Å². The minimum absolute atomic E-state index is 0.358. The number of fused-ring (bicyclic) bond motifs is 1. The fraction of sp³-hybridized carbons (Fsp3) is 0.600. The number of ether oxygens (including phenoxy) is 3. The minimum atomic E-state index is -0.358. The fourth-order valence-electron chi connectivity index (χ4n) is 2.37. The monoisotopic (exact) mass is 294 g/mol. The van der Waals surface area contributed by atoms with Crippen LogP contribution in [0.2, 0.25) is 0 Å². The molecular weight excluding hydrogens is 272 g/mol. The van der Waals surface area contributed by atoms with E-state index in [9.17, 15) is 4.79 Å². The Kier molecular flexibility index (Phi) is 5.52. The van der Waals surface area contributed by atoms with Crippen LogP contribution < -0.4 is 4.90 Å². The van der Waals surface area contributed by atoms with Gasteiger partial charge in [0.25, 0.3) is 0 Å². The van der Waals surface area contributed by atoms with Gasteiger partial charge in [0.2, 0.25) is 0 Å². The molecule has 2 aliphatic heterocycles. The number of nitrogens with zero attached hydrogens (tertiary/aromatic N) is 2. The molecule has 21 heavy (non-hydrogen) atoms. The van der Waals surface area contributed by atoms with Crippen molar-refractivity contribution in [2.24, 2.45) is 0 Å². The molecule has 3 rings (SSSR count). The standard InChI is InChI=1S/C13H16N2O4.C2H6/c1-17-13(16)10-6-9-7-19-8-11(9)14-12(10)15-2-4-18-5-3-15;1-2/h6H,2-5,7-8H2,1H3;1-2H3. The van der Waals surface area contributed by atoms with E-state index in [2.05, 4.69) is 9.88 Å². The zero-order chi connectivity index (χ0) is 15.2. The van der Waals surface area contributed by atoms with Crippen LogP contribution in [0.5, 0.6) is 0 Å². The SMILES string of the molecule is CC.COC(=O)c1cc2c(nc1N1CCOCC1)COC2. The highest BCUT2D eigenvalue weighted by Gasteiger charge is 2.25. The highest BCUT2D eigenvalue weighted by Crippen LogP contribution is 2.27. The number of anilines is 1. The Balaban J connectivity index is 0.000000774. The van der Waals surface area contributed by atoms with Crippen LogP contribution in [0.25, 0.3) is 0 Å². The van der Waals surface area contributed by atoms with Gasteiger partial charge in [-0.25, -0.2) is 9.78 Å². The molecule has 0 aromatic carbocycles. The van der Waals surface area contributed by atoms with Gasteiger partial charge in [0.15, 0.2) is 0 Å². The number of carbonyl (C=O) groups excluding carboxylic acids is 1. The molecule has 0 N–H and O–H groups in total. The van der Waals surface area contributed by atoms with Crippen LogP contribution in [0.4, 0.5) is 5.82 Å². The summed E-state index contributed by atoms with van der Waals surface area (Å²) in [5.74, 6) is 0.322.